The third-order valence-electron chi connectivity index (χ3n) is 3.90. The number of methoxy groups -OCH3 is 5. The predicted octanol–water partition coefficient (Wildman–Crippen LogP) is 3.36. The Kier molecular flexibility index (Phi) is 3.82. The highest BCUT2D eigenvalue weighted by atomic mass is 16.5. The van der Waals surface area contributed by atoms with E-state index >= 15 is 0 Å². The van der Waals surface area contributed by atoms with Crippen molar-refractivity contribution in [3.05, 3.63) is 18.2 Å². The molecule has 0 aliphatic rings. The number of aromatic nitrogens is 1. The first-order valence-corrected chi connectivity index (χ1v) is 7.04. The van der Waals surface area contributed by atoms with Gasteiger partial charge in [-0.2, -0.15) is 0 Å². The molecule has 1 heterocycles. The lowest BCUT2D eigenvalue weighted by Gasteiger charge is -2.11. The Morgan fingerprint density at radius 3 is 1.91 bits per heavy atom. The Morgan fingerprint density at radius 2 is 1.35 bits per heavy atom. The molecule has 0 fully saturated rings. The Morgan fingerprint density at radius 1 is 0.652 bits per heavy atom. The molecule has 0 saturated heterocycles. The Labute approximate surface area is 133 Å². The molecule has 6 nitrogen and oxygen atoms in total. The summed E-state index contributed by atoms with van der Waals surface area (Å²) in [6, 6.07) is 5.57. The van der Waals surface area contributed by atoms with E-state index in [2.05, 4.69) is 4.98 Å². The van der Waals surface area contributed by atoms with Crippen molar-refractivity contribution < 1.29 is 23.7 Å². The van der Waals surface area contributed by atoms with Crippen molar-refractivity contribution in [1.29, 1.82) is 0 Å². The second kappa shape index (κ2) is 5.79. The molecule has 23 heavy (non-hydrogen) atoms. The van der Waals surface area contributed by atoms with Crippen LogP contribution in [0.3, 0.4) is 0 Å². The van der Waals surface area contributed by atoms with Gasteiger partial charge in [0.2, 0.25) is 0 Å². The summed E-state index contributed by atoms with van der Waals surface area (Å²) >= 11 is 0. The molecule has 0 spiro atoms. The van der Waals surface area contributed by atoms with E-state index < -0.39 is 0 Å². The molecule has 0 aliphatic heterocycles. The molecule has 2 aromatic carbocycles. The quantitative estimate of drug-likeness (QED) is 0.782. The van der Waals surface area contributed by atoms with Crippen molar-refractivity contribution in [2.75, 3.05) is 35.5 Å². The molecule has 0 radical (unpaired) electrons. The van der Waals surface area contributed by atoms with Gasteiger partial charge >= 0.3 is 0 Å². The molecular weight excluding hydrogens is 298 g/mol. The maximum atomic E-state index is 5.55. The van der Waals surface area contributed by atoms with Gasteiger partial charge in [0.05, 0.1) is 52.0 Å². The second-order valence-electron chi connectivity index (χ2n) is 4.94. The Balaban J connectivity index is 2.52. The van der Waals surface area contributed by atoms with E-state index in [-0.39, 0.29) is 0 Å². The van der Waals surface area contributed by atoms with E-state index in [1.807, 2.05) is 12.1 Å². The number of aromatic amines is 1. The maximum absolute atomic E-state index is 5.55. The summed E-state index contributed by atoms with van der Waals surface area (Å²) < 4.78 is 27.3. The van der Waals surface area contributed by atoms with Crippen LogP contribution < -0.4 is 23.7 Å². The molecule has 0 amide bonds. The van der Waals surface area contributed by atoms with Gasteiger partial charge in [-0.05, 0) is 6.07 Å². The maximum Gasteiger partial charge on any atom is 0.185 e. The molecule has 0 atom stereocenters. The SMILES string of the molecule is COc1cc(OC)c2[nH]c3c(OC)c(OC)cc(OC)c3c2c1. The fourth-order valence-corrected chi connectivity index (χ4v) is 2.84. The summed E-state index contributed by atoms with van der Waals surface area (Å²) in [5.74, 6) is 3.26. The van der Waals surface area contributed by atoms with E-state index in [1.54, 1.807) is 41.6 Å². The summed E-state index contributed by atoms with van der Waals surface area (Å²) in [4.78, 5) is 3.35. The number of fused-ring (bicyclic) bond motifs is 3. The molecule has 6 heteroatoms. The van der Waals surface area contributed by atoms with Gasteiger partial charge in [-0.1, -0.05) is 0 Å². The van der Waals surface area contributed by atoms with E-state index in [4.69, 9.17) is 23.7 Å². The average Bonchev–Trinajstić information content (AvgIpc) is 2.98. The van der Waals surface area contributed by atoms with Crippen LogP contribution in [0, 0.1) is 0 Å². The second-order valence-corrected chi connectivity index (χ2v) is 4.94. The van der Waals surface area contributed by atoms with Crippen LogP contribution in [0.4, 0.5) is 0 Å². The van der Waals surface area contributed by atoms with E-state index in [9.17, 15) is 0 Å². The van der Waals surface area contributed by atoms with Crippen LogP contribution in [0.1, 0.15) is 0 Å². The highest BCUT2D eigenvalue weighted by Gasteiger charge is 2.21. The summed E-state index contributed by atoms with van der Waals surface area (Å²) in [6.45, 7) is 0. The van der Waals surface area contributed by atoms with Crippen LogP contribution in [0.25, 0.3) is 21.8 Å². The number of H-pyrrole nitrogens is 1. The normalized spacial score (nSPS) is 10.8. The first-order chi connectivity index (χ1) is 11.2. The minimum absolute atomic E-state index is 0.592. The largest absolute Gasteiger partial charge is 0.497 e. The molecule has 3 aromatic rings. The van der Waals surface area contributed by atoms with Crippen LogP contribution >= 0.6 is 0 Å². The molecule has 1 aromatic heterocycles. The highest BCUT2D eigenvalue weighted by molar-refractivity contribution is 6.15. The standard InChI is InChI=1S/C17H19NO5/c1-19-9-6-10-14-11(20-2)8-13(22-4)17(23-5)16(14)18-15(10)12(7-9)21-3/h6-8,18H,1-5H3. The topological polar surface area (TPSA) is 61.9 Å². The Hall–Kier alpha value is -2.76. The molecule has 1 N–H and O–H groups in total. The predicted molar refractivity (Wildman–Crippen MR) is 88.6 cm³/mol. The molecular formula is C17H19NO5. The van der Waals surface area contributed by atoms with Gasteiger partial charge in [0.25, 0.3) is 0 Å². The summed E-state index contributed by atoms with van der Waals surface area (Å²) in [7, 11) is 8.06. The van der Waals surface area contributed by atoms with E-state index in [1.165, 1.54) is 0 Å². The molecule has 0 unspecified atom stereocenters. The highest BCUT2D eigenvalue weighted by Crippen LogP contribution is 2.46. The molecule has 122 valence electrons. The zero-order valence-corrected chi connectivity index (χ0v) is 13.8. The molecule has 0 bridgehead atoms. The lowest BCUT2D eigenvalue weighted by molar-refractivity contribution is 0.353. The van der Waals surface area contributed by atoms with Crippen LogP contribution in [0.2, 0.25) is 0 Å². The van der Waals surface area contributed by atoms with Crippen molar-refractivity contribution in [3.63, 3.8) is 0 Å². The smallest absolute Gasteiger partial charge is 0.185 e. The van der Waals surface area contributed by atoms with Crippen molar-refractivity contribution in [1.82, 2.24) is 4.98 Å². The van der Waals surface area contributed by atoms with Gasteiger partial charge in [0.15, 0.2) is 11.5 Å². The summed E-state index contributed by atoms with van der Waals surface area (Å²) in [5.41, 5.74) is 1.62. The van der Waals surface area contributed by atoms with Gasteiger partial charge in [0, 0.05) is 17.5 Å². The number of hydrogen-bond acceptors (Lipinski definition) is 5. The number of ether oxygens (including phenoxy) is 5. The minimum atomic E-state index is 0.592. The number of hydrogen-bond donors (Lipinski definition) is 1. The first-order valence-electron chi connectivity index (χ1n) is 7.04. The zero-order chi connectivity index (χ0) is 16.6. The van der Waals surface area contributed by atoms with Crippen LogP contribution in [0.15, 0.2) is 18.2 Å². The summed E-state index contributed by atoms with van der Waals surface area (Å²) in [6.07, 6.45) is 0. The fourth-order valence-electron chi connectivity index (χ4n) is 2.84. The van der Waals surface area contributed by atoms with Crippen molar-refractivity contribution >= 4 is 21.8 Å². The van der Waals surface area contributed by atoms with Crippen LogP contribution in [-0.4, -0.2) is 40.5 Å². The minimum Gasteiger partial charge on any atom is -0.497 e. The summed E-state index contributed by atoms with van der Waals surface area (Å²) in [5, 5.41) is 1.81. The first kappa shape index (κ1) is 15.1. The third kappa shape index (κ3) is 2.18. The number of benzene rings is 2. The fraction of sp³-hybridized carbons (Fsp3) is 0.294. The van der Waals surface area contributed by atoms with Crippen LogP contribution in [-0.2, 0) is 0 Å². The zero-order valence-electron chi connectivity index (χ0n) is 13.8. The third-order valence-corrected chi connectivity index (χ3v) is 3.90. The van der Waals surface area contributed by atoms with Gasteiger partial charge in [-0.25, -0.2) is 0 Å². The molecule has 0 aliphatic carbocycles. The van der Waals surface area contributed by atoms with Gasteiger partial charge < -0.3 is 28.7 Å². The lowest BCUT2D eigenvalue weighted by atomic mass is 10.1. The molecule has 3 rings (SSSR count). The van der Waals surface area contributed by atoms with Crippen molar-refractivity contribution in [3.8, 4) is 28.7 Å². The van der Waals surface area contributed by atoms with Gasteiger partial charge in [-0.15, -0.1) is 0 Å². The average molecular weight is 317 g/mol. The van der Waals surface area contributed by atoms with Crippen molar-refractivity contribution in [2.24, 2.45) is 0 Å². The monoisotopic (exact) mass is 317 g/mol. The van der Waals surface area contributed by atoms with Crippen LogP contribution in [0.5, 0.6) is 28.7 Å². The lowest BCUT2D eigenvalue weighted by Crippen LogP contribution is -1.93. The number of nitrogens with one attached hydrogen (secondary N) is 1. The van der Waals surface area contributed by atoms with Crippen molar-refractivity contribution in [2.45, 2.75) is 0 Å². The van der Waals surface area contributed by atoms with E-state index in [0.717, 1.165) is 21.8 Å². The van der Waals surface area contributed by atoms with Gasteiger partial charge in [0.1, 0.15) is 17.2 Å². The van der Waals surface area contributed by atoms with Gasteiger partial charge in [-0.3, -0.25) is 0 Å². The molecule has 0 saturated carbocycles. The number of rotatable bonds is 5. The van der Waals surface area contributed by atoms with E-state index in [0.29, 0.717) is 28.7 Å². The Bertz CT molecular complexity index is 869.